The summed E-state index contributed by atoms with van der Waals surface area (Å²) in [7, 11) is 0. The van der Waals surface area contributed by atoms with Crippen molar-refractivity contribution in [1.82, 2.24) is 5.32 Å². The van der Waals surface area contributed by atoms with Crippen molar-refractivity contribution in [2.75, 3.05) is 24.1 Å². The van der Waals surface area contributed by atoms with Gasteiger partial charge in [0.05, 0.1) is 0 Å². The van der Waals surface area contributed by atoms with E-state index in [1.807, 2.05) is 24.3 Å². The first-order valence-corrected chi connectivity index (χ1v) is 6.23. The van der Waals surface area contributed by atoms with Crippen LogP contribution in [0.5, 0.6) is 0 Å². The number of nitrogens with one attached hydrogen (secondary N) is 2. The van der Waals surface area contributed by atoms with Gasteiger partial charge in [0.15, 0.2) is 0 Å². The second-order valence-electron chi connectivity index (χ2n) is 5.64. The Morgan fingerprint density at radius 3 is 2.33 bits per heavy atom. The van der Waals surface area contributed by atoms with Crippen LogP contribution in [0.2, 0.25) is 0 Å². The van der Waals surface area contributed by atoms with E-state index in [9.17, 15) is 4.79 Å². The lowest BCUT2D eigenvalue weighted by Gasteiger charge is -2.17. The van der Waals surface area contributed by atoms with Crippen LogP contribution in [0.25, 0.3) is 0 Å². The Morgan fingerprint density at radius 2 is 1.78 bits per heavy atom. The minimum Gasteiger partial charge on any atom is -0.399 e. The number of hydrogen-bond acceptors (Lipinski definition) is 3. The van der Waals surface area contributed by atoms with E-state index in [1.54, 1.807) is 0 Å². The third-order valence-corrected chi connectivity index (χ3v) is 2.38. The molecule has 0 fully saturated rings. The highest BCUT2D eigenvalue weighted by Crippen LogP contribution is 2.17. The Labute approximate surface area is 109 Å². The van der Waals surface area contributed by atoms with Crippen LogP contribution < -0.4 is 16.4 Å². The van der Waals surface area contributed by atoms with Crippen LogP contribution in [0.15, 0.2) is 24.3 Å². The van der Waals surface area contributed by atoms with E-state index in [2.05, 4.69) is 31.4 Å². The van der Waals surface area contributed by atoms with Gasteiger partial charge in [0.2, 0.25) is 5.91 Å². The number of rotatable bonds is 5. The van der Waals surface area contributed by atoms with E-state index in [4.69, 9.17) is 5.73 Å². The average molecular weight is 249 g/mol. The summed E-state index contributed by atoms with van der Waals surface area (Å²) < 4.78 is 0. The number of carbonyl (C=O) groups excluding carboxylic acids is 1. The molecule has 0 aliphatic heterocycles. The molecule has 4 N–H and O–H groups in total. The van der Waals surface area contributed by atoms with E-state index in [1.165, 1.54) is 0 Å². The van der Waals surface area contributed by atoms with Crippen LogP contribution in [-0.4, -0.2) is 19.0 Å². The van der Waals surface area contributed by atoms with Gasteiger partial charge >= 0.3 is 0 Å². The Hall–Kier alpha value is -1.71. The molecule has 0 unspecified atom stereocenters. The van der Waals surface area contributed by atoms with E-state index in [0.717, 1.165) is 11.4 Å². The van der Waals surface area contributed by atoms with Crippen molar-refractivity contribution in [3.8, 4) is 0 Å². The van der Waals surface area contributed by atoms with Crippen molar-refractivity contribution in [2.24, 2.45) is 5.41 Å². The number of hydrogen-bond donors (Lipinski definition) is 3. The fraction of sp³-hybridized carbons (Fsp3) is 0.500. The molecule has 1 aromatic rings. The normalized spacial score (nSPS) is 11.1. The maximum absolute atomic E-state index is 11.6. The summed E-state index contributed by atoms with van der Waals surface area (Å²) in [6.45, 7) is 7.50. The number of nitrogens with two attached hydrogens (primary N) is 1. The summed E-state index contributed by atoms with van der Waals surface area (Å²) in [4.78, 5) is 11.6. The van der Waals surface area contributed by atoms with Crippen molar-refractivity contribution in [1.29, 1.82) is 0 Å². The summed E-state index contributed by atoms with van der Waals surface area (Å²) in [5.41, 5.74) is 7.39. The van der Waals surface area contributed by atoms with Crippen LogP contribution in [0.4, 0.5) is 11.4 Å². The standard InChI is InChI=1S/C14H23N3O/c1-14(2,3)10-13(18)17-9-8-16-12-6-4-11(15)5-7-12/h4-7,16H,8-10,15H2,1-3H3,(H,17,18). The molecular formula is C14H23N3O. The fourth-order valence-corrected chi connectivity index (χ4v) is 1.55. The lowest BCUT2D eigenvalue weighted by atomic mass is 9.92. The number of nitrogen functional groups attached to an aromatic ring is 1. The maximum atomic E-state index is 11.6. The zero-order chi connectivity index (χ0) is 13.6. The van der Waals surface area contributed by atoms with Gasteiger partial charge in [-0.3, -0.25) is 4.79 Å². The maximum Gasteiger partial charge on any atom is 0.220 e. The zero-order valence-corrected chi connectivity index (χ0v) is 11.4. The van der Waals surface area contributed by atoms with Gasteiger partial charge in [-0.2, -0.15) is 0 Å². The molecule has 0 saturated carbocycles. The van der Waals surface area contributed by atoms with Crippen molar-refractivity contribution in [3.63, 3.8) is 0 Å². The van der Waals surface area contributed by atoms with Crippen LogP contribution in [0, 0.1) is 5.41 Å². The number of carbonyl (C=O) groups is 1. The SMILES string of the molecule is CC(C)(C)CC(=O)NCCNc1ccc(N)cc1. The van der Waals surface area contributed by atoms with Crippen molar-refractivity contribution in [3.05, 3.63) is 24.3 Å². The molecule has 4 nitrogen and oxygen atoms in total. The van der Waals surface area contributed by atoms with Crippen LogP contribution in [0.1, 0.15) is 27.2 Å². The lowest BCUT2D eigenvalue weighted by molar-refractivity contribution is -0.122. The molecule has 0 heterocycles. The molecule has 1 rings (SSSR count). The fourth-order valence-electron chi connectivity index (χ4n) is 1.55. The van der Waals surface area contributed by atoms with E-state index in [0.29, 0.717) is 19.5 Å². The van der Waals surface area contributed by atoms with Gasteiger partial charge in [-0.1, -0.05) is 20.8 Å². The molecule has 18 heavy (non-hydrogen) atoms. The molecule has 0 spiro atoms. The average Bonchev–Trinajstić information content (AvgIpc) is 2.24. The monoisotopic (exact) mass is 249 g/mol. The van der Waals surface area contributed by atoms with Crippen molar-refractivity contribution >= 4 is 17.3 Å². The van der Waals surface area contributed by atoms with Gasteiger partial charge in [0.25, 0.3) is 0 Å². The molecule has 0 radical (unpaired) electrons. The van der Waals surface area contributed by atoms with E-state index < -0.39 is 0 Å². The van der Waals surface area contributed by atoms with Crippen LogP contribution >= 0.6 is 0 Å². The first-order chi connectivity index (χ1) is 8.37. The Kier molecular flexibility index (Phi) is 5.01. The van der Waals surface area contributed by atoms with Gasteiger partial charge in [-0.15, -0.1) is 0 Å². The quantitative estimate of drug-likeness (QED) is 0.554. The zero-order valence-electron chi connectivity index (χ0n) is 11.4. The molecule has 0 atom stereocenters. The molecular weight excluding hydrogens is 226 g/mol. The van der Waals surface area contributed by atoms with E-state index >= 15 is 0 Å². The molecule has 0 bridgehead atoms. The molecule has 100 valence electrons. The third kappa shape index (κ3) is 6.13. The van der Waals surface area contributed by atoms with Crippen LogP contribution in [0.3, 0.4) is 0 Å². The van der Waals surface area contributed by atoms with E-state index in [-0.39, 0.29) is 11.3 Å². The minimum atomic E-state index is 0.0362. The third-order valence-electron chi connectivity index (χ3n) is 2.38. The highest BCUT2D eigenvalue weighted by Gasteiger charge is 2.14. The summed E-state index contributed by atoms with van der Waals surface area (Å²) in [6.07, 6.45) is 0.550. The number of amides is 1. The van der Waals surface area contributed by atoms with Gasteiger partial charge in [0.1, 0.15) is 0 Å². The first kappa shape index (κ1) is 14.4. The lowest BCUT2D eigenvalue weighted by Crippen LogP contribution is -2.31. The molecule has 4 heteroatoms. The molecule has 0 saturated heterocycles. The predicted molar refractivity (Wildman–Crippen MR) is 76.4 cm³/mol. The summed E-state index contributed by atoms with van der Waals surface area (Å²) >= 11 is 0. The minimum absolute atomic E-state index is 0.0362. The number of benzene rings is 1. The summed E-state index contributed by atoms with van der Waals surface area (Å²) in [5, 5.41) is 6.11. The summed E-state index contributed by atoms with van der Waals surface area (Å²) in [6, 6.07) is 7.54. The van der Waals surface area contributed by atoms with Crippen LogP contribution in [-0.2, 0) is 4.79 Å². The summed E-state index contributed by atoms with van der Waals surface area (Å²) in [5.74, 6) is 0.0987. The van der Waals surface area contributed by atoms with Crippen molar-refractivity contribution < 1.29 is 4.79 Å². The Morgan fingerprint density at radius 1 is 1.17 bits per heavy atom. The molecule has 0 aliphatic carbocycles. The van der Waals surface area contributed by atoms with Gasteiger partial charge in [-0.05, 0) is 29.7 Å². The molecule has 0 aromatic heterocycles. The van der Waals surface area contributed by atoms with Crippen molar-refractivity contribution in [2.45, 2.75) is 27.2 Å². The first-order valence-electron chi connectivity index (χ1n) is 6.23. The molecule has 1 aromatic carbocycles. The van der Waals surface area contributed by atoms with Gasteiger partial charge in [-0.25, -0.2) is 0 Å². The smallest absolute Gasteiger partial charge is 0.220 e. The second-order valence-corrected chi connectivity index (χ2v) is 5.64. The molecule has 1 amide bonds. The Balaban J connectivity index is 2.19. The topological polar surface area (TPSA) is 67.2 Å². The van der Waals surface area contributed by atoms with Gasteiger partial charge in [0, 0.05) is 30.9 Å². The van der Waals surface area contributed by atoms with Gasteiger partial charge < -0.3 is 16.4 Å². The molecule has 0 aliphatic rings. The highest BCUT2D eigenvalue weighted by molar-refractivity contribution is 5.76. The predicted octanol–water partition coefficient (Wildman–Crippen LogP) is 2.23. The number of anilines is 2. The Bertz CT molecular complexity index is 379. The largest absolute Gasteiger partial charge is 0.399 e. The second kappa shape index (κ2) is 6.28. The highest BCUT2D eigenvalue weighted by atomic mass is 16.1.